The van der Waals surface area contributed by atoms with Crippen LogP contribution in [-0.4, -0.2) is 47.4 Å². The Kier molecular flexibility index (Phi) is 7.20. The van der Waals surface area contributed by atoms with Crippen LogP contribution >= 0.6 is 0 Å². The van der Waals surface area contributed by atoms with Gasteiger partial charge in [-0.3, -0.25) is 9.69 Å². The molecule has 0 aliphatic carbocycles. The molecule has 2 fully saturated rings. The molecule has 128 valence electrons. The molecule has 2 bridgehead atoms. The molecule has 22 heavy (non-hydrogen) atoms. The van der Waals surface area contributed by atoms with Crippen LogP contribution < -0.4 is 0 Å². The fourth-order valence-electron chi connectivity index (χ4n) is 4.39. The molecule has 0 saturated carbocycles. The van der Waals surface area contributed by atoms with Crippen molar-refractivity contribution in [1.82, 2.24) is 9.80 Å². The Bertz CT molecular complexity index is 326. The van der Waals surface area contributed by atoms with Crippen molar-refractivity contribution in [3.05, 3.63) is 0 Å². The van der Waals surface area contributed by atoms with Gasteiger partial charge in [0.2, 0.25) is 5.91 Å². The highest BCUT2D eigenvalue weighted by atomic mass is 16.2. The van der Waals surface area contributed by atoms with Crippen LogP contribution in [-0.2, 0) is 4.79 Å². The number of unbranched alkanes of at least 4 members (excludes halogenated alkanes) is 1. The Morgan fingerprint density at radius 2 is 1.68 bits per heavy atom. The van der Waals surface area contributed by atoms with Gasteiger partial charge in [-0.25, -0.2) is 0 Å². The lowest BCUT2D eigenvalue weighted by Gasteiger charge is -2.41. The second-order valence-corrected chi connectivity index (χ2v) is 7.37. The number of hydrogen-bond donors (Lipinski definition) is 0. The van der Waals surface area contributed by atoms with E-state index in [2.05, 4.69) is 30.6 Å². The highest BCUT2D eigenvalue weighted by molar-refractivity contribution is 5.77. The molecule has 3 nitrogen and oxygen atoms in total. The third kappa shape index (κ3) is 4.47. The molecule has 0 aromatic heterocycles. The topological polar surface area (TPSA) is 23.6 Å². The van der Waals surface area contributed by atoms with Crippen LogP contribution in [0.15, 0.2) is 0 Å². The molecular formula is C19H36N2O. The summed E-state index contributed by atoms with van der Waals surface area (Å²) in [6, 6.07) is 1.02. The first-order valence-electron chi connectivity index (χ1n) is 9.73. The van der Waals surface area contributed by atoms with Crippen molar-refractivity contribution in [2.75, 3.05) is 19.6 Å². The summed E-state index contributed by atoms with van der Waals surface area (Å²) in [6.07, 6.45) is 10.9. The normalized spacial score (nSPS) is 25.2. The van der Waals surface area contributed by atoms with E-state index in [-0.39, 0.29) is 0 Å². The minimum absolute atomic E-state index is 0.406. The molecule has 2 aliphatic heterocycles. The lowest BCUT2D eigenvalue weighted by atomic mass is 9.96. The number of nitrogens with zero attached hydrogens (tertiary/aromatic N) is 2. The van der Waals surface area contributed by atoms with E-state index in [9.17, 15) is 4.79 Å². The number of carbonyl (C=O) groups excluding carboxylic acids is 1. The number of fused-ring (bicyclic) bond motifs is 2. The number of hydrogen-bond acceptors (Lipinski definition) is 2. The summed E-state index contributed by atoms with van der Waals surface area (Å²) in [4.78, 5) is 17.1. The van der Waals surface area contributed by atoms with Gasteiger partial charge < -0.3 is 4.90 Å². The molecular weight excluding hydrogens is 272 g/mol. The van der Waals surface area contributed by atoms with Gasteiger partial charge >= 0.3 is 0 Å². The number of amides is 1. The van der Waals surface area contributed by atoms with Crippen molar-refractivity contribution < 1.29 is 4.79 Å². The fraction of sp³-hybridized carbons (Fsp3) is 0.947. The van der Waals surface area contributed by atoms with E-state index in [0.29, 0.717) is 18.0 Å². The number of likely N-dealkylation sites (tertiary alicyclic amines) is 1. The minimum atomic E-state index is 0.406. The average molecular weight is 309 g/mol. The largest absolute Gasteiger partial charge is 0.334 e. The molecule has 2 heterocycles. The van der Waals surface area contributed by atoms with Gasteiger partial charge in [-0.2, -0.15) is 0 Å². The van der Waals surface area contributed by atoms with E-state index in [1.165, 1.54) is 51.5 Å². The van der Waals surface area contributed by atoms with Crippen molar-refractivity contribution in [2.24, 2.45) is 5.92 Å². The van der Waals surface area contributed by atoms with Gasteiger partial charge in [-0.15, -0.1) is 0 Å². The lowest BCUT2D eigenvalue weighted by Crippen LogP contribution is -2.55. The summed E-state index contributed by atoms with van der Waals surface area (Å²) in [5.41, 5.74) is 0. The summed E-state index contributed by atoms with van der Waals surface area (Å²) in [5.74, 6) is 1.34. The second kappa shape index (κ2) is 8.90. The Balaban J connectivity index is 1.71. The van der Waals surface area contributed by atoms with Crippen LogP contribution in [0.5, 0.6) is 0 Å². The van der Waals surface area contributed by atoms with Crippen LogP contribution in [0.4, 0.5) is 0 Å². The zero-order chi connectivity index (χ0) is 15.9. The van der Waals surface area contributed by atoms with Crippen LogP contribution in [0.1, 0.15) is 78.6 Å². The van der Waals surface area contributed by atoms with Crippen molar-refractivity contribution in [2.45, 2.75) is 90.6 Å². The highest BCUT2D eigenvalue weighted by Gasteiger charge is 2.41. The molecule has 0 spiro atoms. The molecule has 0 radical (unpaired) electrons. The smallest absolute Gasteiger partial charge is 0.223 e. The first kappa shape index (κ1) is 17.8. The standard InChI is InChI=1S/C19H36N2O/c1-4-9-19(22)21-17-11-12-18(21)15-20(14-17)13-8-7-10-16(5-2)6-3/h16-18H,4-15H2,1-3H3/t17-,18+. The summed E-state index contributed by atoms with van der Waals surface area (Å²) < 4.78 is 0. The first-order chi connectivity index (χ1) is 10.7. The zero-order valence-corrected chi connectivity index (χ0v) is 15.0. The van der Waals surface area contributed by atoms with E-state index in [0.717, 1.165) is 31.8 Å². The average Bonchev–Trinajstić information content (AvgIpc) is 2.79. The van der Waals surface area contributed by atoms with Gasteiger partial charge in [0.15, 0.2) is 0 Å². The maximum absolute atomic E-state index is 12.3. The van der Waals surface area contributed by atoms with Gasteiger partial charge in [0.05, 0.1) is 0 Å². The Morgan fingerprint density at radius 3 is 2.23 bits per heavy atom. The van der Waals surface area contributed by atoms with Crippen LogP contribution in [0.2, 0.25) is 0 Å². The zero-order valence-electron chi connectivity index (χ0n) is 15.0. The molecule has 1 amide bonds. The molecule has 0 aromatic rings. The van der Waals surface area contributed by atoms with Gasteiger partial charge in [-0.1, -0.05) is 46.5 Å². The lowest BCUT2D eigenvalue weighted by molar-refractivity contribution is -0.137. The molecule has 0 N–H and O–H groups in total. The molecule has 0 unspecified atom stereocenters. The summed E-state index contributed by atoms with van der Waals surface area (Å²) in [6.45, 7) is 10.2. The van der Waals surface area contributed by atoms with Crippen molar-refractivity contribution in [3.63, 3.8) is 0 Å². The summed E-state index contributed by atoms with van der Waals surface area (Å²) in [5, 5.41) is 0. The third-order valence-electron chi connectivity index (χ3n) is 5.80. The molecule has 0 aromatic carbocycles. The Labute approximate surface area is 137 Å². The summed E-state index contributed by atoms with van der Waals surface area (Å²) in [7, 11) is 0. The predicted molar refractivity (Wildman–Crippen MR) is 92.9 cm³/mol. The molecule has 2 atom stereocenters. The van der Waals surface area contributed by atoms with Crippen LogP contribution in [0.25, 0.3) is 0 Å². The first-order valence-corrected chi connectivity index (χ1v) is 9.73. The quantitative estimate of drug-likeness (QED) is 0.600. The Morgan fingerprint density at radius 1 is 1.05 bits per heavy atom. The van der Waals surface area contributed by atoms with E-state index in [1.54, 1.807) is 0 Å². The van der Waals surface area contributed by atoms with E-state index in [1.807, 2.05) is 0 Å². The van der Waals surface area contributed by atoms with E-state index < -0.39 is 0 Å². The predicted octanol–water partition coefficient (Wildman–Crippen LogP) is 4.07. The third-order valence-corrected chi connectivity index (χ3v) is 5.80. The molecule has 3 heteroatoms. The molecule has 2 saturated heterocycles. The Hall–Kier alpha value is -0.570. The van der Waals surface area contributed by atoms with Gasteiger partial charge in [0.25, 0.3) is 0 Å². The monoisotopic (exact) mass is 308 g/mol. The molecule has 2 rings (SSSR count). The van der Waals surface area contributed by atoms with Crippen molar-refractivity contribution in [3.8, 4) is 0 Å². The highest BCUT2D eigenvalue weighted by Crippen LogP contribution is 2.31. The van der Waals surface area contributed by atoms with Crippen LogP contribution in [0, 0.1) is 5.92 Å². The number of piperazine rings is 1. The maximum Gasteiger partial charge on any atom is 0.223 e. The van der Waals surface area contributed by atoms with Gasteiger partial charge in [-0.05, 0) is 38.1 Å². The van der Waals surface area contributed by atoms with Gasteiger partial charge in [0.1, 0.15) is 0 Å². The fourth-order valence-corrected chi connectivity index (χ4v) is 4.39. The molecule has 2 aliphatic rings. The second-order valence-electron chi connectivity index (χ2n) is 7.37. The van der Waals surface area contributed by atoms with Crippen molar-refractivity contribution in [1.29, 1.82) is 0 Å². The maximum atomic E-state index is 12.3. The SMILES string of the molecule is CCCC(=O)N1[C@@H]2CC[C@H]1CN(CCCCC(CC)CC)C2. The van der Waals surface area contributed by atoms with E-state index >= 15 is 0 Å². The number of carbonyl (C=O) groups is 1. The van der Waals surface area contributed by atoms with Gasteiger partial charge in [0, 0.05) is 31.6 Å². The summed E-state index contributed by atoms with van der Waals surface area (Å²) >= 11 is 0. The van der Waals surface area contributed by atoms with Crippen molar-refractivity contribution >= 4 is 5.91 Å². The minimum Gasteiger partial charge on any atom is -0.334 e. The number of rotatable bonds is 9. The van der Waals surface area contributed by atoms with Crippen LogP contribution in [0.3, 0.4) is 0 Å². The van der Waals surface area contributed by atoms with E-state index in [4.69, 9.17) is 0 Å².